The van der Waals surface area contributed by atoms with Crippen molar-refractivity contribution in [3.63, 3.8) is 0 Å². The molecule has 35 heavy (non-hydrogen) atoms. The third-order valence-electron chi connectivity index (χ3n) is 5.51. The second-order valence-electron chi connectivity index (χ2n) is 7.60. The van der Waals surface area contributed by atoms with Gasteiger partial charge in [0, 0.05) is 46.9 Å². The first-order valence-electron chi connectivity index (χ1n) is 10.5. The highest BCUT2D eigenvalue weighted by Crippen LogP contribution is 2.39. The summed E-state index contributed by atoms with van der Waals surface area (Å²) < 4.78 is 60.6. The molecular weight excluding hydrogens is 465 g/mol. The Kier molecular flexibility index (Phi) is 6.74. The van der Waals surface area contributed by atoms with Crippen molar-refractivity contribution >= 4 is 10.9 Å². The molecule has 0 fully saturated rings. The summed E-state index contributed by atoms with van der Waals surface area (Å²) >= 11 is 0. The van der Waals surface area contributed by atoms with Crippen LogP contribution in [0.25, 0.3) is 22.0 Å². The summed E-state index contributed by atoms with van der Waals surface area (Å²) in [5.41, 5.74) is 3.06. The number of pyridine rings is 1. The summed E-state index contributed by atoms with van der Waals surface area (Å²) in [6.07, 6.45) is -3.29. The smallest absolute Gasteiger partial charge is 0.497 e. The van der Waals surface area contributed by atoms with E-state index in [-0.39, 0.29) is 12.4 Å². The number of aromatic nitrogens is 2. The Morgan fingerprint density at radius 3 is 2.14 bits per heavy atom. The quantitative estimate of drug-likeness (QED) is 0.369. The third-order valence-corrected chi connectivity index (χ3v) is 5.51. The topological polar surface area (TPSA) is 75.0 Å². The average Bonchev–Trinajstić information content (AvgIpc) is 3.15. The summed E-state index contributed by atoms with van der Waals surface area (Å²) in [7, 11) is 4.57. The van der Waals surface area contributed by atoms with E-state index in [4.69, 9.17) is 14.2 Å². The van der Waals surface area contributed by atoms with Crippen molar-refractivity contribution < 1.29 is 37.2 Å². The monoisotopic (exact) mass is 488 g/mol. The van der Waals surface area contributed by atoms with Gasteiger partial charge in [0.15, 0.2) is 0 Å². The minimum absolute atomic E-state index is 0.295. The Morgan fingerprint density at radius 2 is 1.60 bits per heavy atom. The number of fused-ring (bicyclic) bond motifs is 1. The van der Waals surface area contributed by atoms with E-state index in [0.29, 0.717) is 51.6 Å². The highest BCUT2D eigenvalue weighted by atomic mass is 19.4. The number of aliphatic hydroxyl groups excluding tert-OH is 1. The molecule has 4 rings (SSSR count). The first-order chi connectivity index (χ1) is 16.8. The van der Waals surface area contributed by atoms with Crippen LogP contribution in [-0.2, 0) is 13.2 Å². The first kappa shape index (κ1) is 24.2. The van der Waals surface area contributed by atoms with Crippen LogP contribution >= 0.6 is 0 Å². The second-order valence-corrected chi connectivity index (χ2v) is 7.60. The number of alkyl halides is 3. The number of rotatable bonds is 8. The molecule has 4 aromatic rings. The fourth-order valence-corrected chi connectivity index (χ4v) is 4.04. The van der Waals surface area contributed by atoms with Crippen molar-refractivity contribution in [2.75, 3.05) is 21.3 Å². The molecular formula is C25H23F3N2O5. The van der Waals surface area contributed by atoms with Gasteiger partial charge in [0.25, 0.3) is 0 Å². The lowest BCUT2D eigenvalue weighted by Gasteiger charge is -2.13. The van der Waals surface area contributed by atoms with Crippen LogP contribution in [0.3, 0.4) is 0 Å². The summed E-state index contributed by atoms with van der Waals surface area (Å²) in [4.78, 5) is 4.22. The van der Waals surface area contributed by atoms with Crippen LogP contribution in [0, 0.1) is 0 Å². The Hall–Kier alpha value is -3.92. The van der Waals surface area contributed by atoms with Crippen LogP contribution < -0.4 is 18.9 Å². The summed E-state index contributed by atoms with van der Waals surface area (Å²) in [6.45, 7) is -0.0738. The van der Waals surface area contributed by atoms with Gasteiger partial charge in [-0.05, 0) is 42.0 Å². The lowest BCUT2D eigenvalue weighted by Crippen LogP contribution is -2.17. The zero-order valence-electron chi connectivity index (χ0n) is 19.2. The molecule has 2 aromatic heterocycles. The number of methoxy groups -OCH3 is 3. The third kappa shape index (κ3) is 5.12. The molecule has 7 nitrogen and oxygen atoms in total. The normalized spacial score (nSPS) is 11.5. The van der Waals surface area contributed by atoms with E-state index in [1.807, 2.05) is 16.7 Å². The molecule has 0 atom stereocenters. The van der Waals surface area contributed by atoms with Crippen LogP contribution in [0.2, 0.25) is 0 Å². The standard InChI is InChI=1S/C25H23F3N2O5/c1-32-18-8-15(9-19(10-18)33-2)13-30-21-6-5-17(35-25(26,27)28)11-20(21)24(22(30)14-31)16-4-7-23(34-3)29-12-16/h4-12,31H,13-14H2,1-3H3. The Morgan fingerprint density at radius 1 is 0.886 bits per heavy atom. The van der Waals surface area contributed by atoms with Crippen molar-refractivity contribution in [2.24, 2.45) is 0 Å². The molecule has 184 valence electrons. The SMILES string of the molecule is COc1cc(Cn2c(CO)c(-c3ccc(OC)nc3)c3cc(OC(F)(F)F)ccc32)cc(OC)c1. The fourth-order valence-electron chi connectivity index (χ4n) is 4.04. The predicted molar refractivity (Wildman–Crippen MR) is 123 cm³/mol. The second kappa shape index (κ2) is 9.75. The van der Waals surface area contributed by atoms with Crippen LogP contribution in [0.15, 0.2) is 54.7 Å². The maximum absolute atomic E-state index is 12.9. The molecule has 10 heteroatoms. The largest absolute Gasteiger partial charge is 0.573 e. The molecule has 0 saturated carbocycles. The molecule has 0 aliphatic heterocycles. The number of hydrogen-bond acceptors (Lipinski definition) is 6. The highest BCUT2D eigenvalue weighted by molar-refractivity contribution is 5.99. The number of benzene rings is 2. The van der Waals surface area contributed by atoms with Crippen molar-refractivity contribution in [1.82, 2.24) is 9.55 Å². The van der Waals surface area contributed by atoms with E-state index < -0.39 is 6.36 Å². The molecule has 0 spiro atoms. The van der Waals surface area contributed by atoms with Gasteiger partial charge in [-0.15, -0.1) is 13.2 Å². The molecule has 0 aliphatic carbocycles. The van der Waals surface area contributed by atoms with E-state index in [0.717, 1.165) is 5.56 Å². The van der Waals surface area contributed by atoms with Crippen LogP contribution in [0.4, 0.5) is 13.2 Å². The number of ether oxygens (including phenoxy) is 4. The van der Waals surface area contributed by atoms with Gasteiger partial charge in [0.1, 0.15) is 17.2 Å². The predicted octanol–water partition coefficient (Wildman–Crippen LogP) is 5.17. The van der Waals surface area contributed by atoms with Crippen LogP contribution in [0.5, 0.6) is 23.1 Å². The number of hydrogen-bond donors (Lipinski definition) is 1. The van der Waals surface area contributed by atoms with Crippen molar-refractivity contribution in [1.29, 1.82) is 0 Å². The Bertz CT molecular complexity index is 1310. The molecule has 0 radical (unpaired) electrons. The molecule has 2 aromatic carbocycles. The van der Waals surface area contributed by atoms with Crippen molar-refractivity contribution in [3.05, 3.63) is 66.0 Å². The lowest BCUT2D eigenvalue weighted by molar-refractivity contribution is -0.274. The fraction of sp³-hybridized carbons (Fsp3) is 0.240. The lowest BCUT2D eigenvalue weighted by atomic mass is 10.0. The summed E-state index contributed by atoms with van der Waals surface area (Å²) in [5.74, 6) is 1.19. The first-order valence-corrected chi connectivity index (χ1v) is 10.5. The van der Waals surface area contributed by atoms with E-state index >= 15 is 0 Å². The maximum Gasteiger partial charge on any atom is 0.573 e. The van der Waals surface area contributed by atoms with Crippen LogP contribution in [0.1, 0.15) is 11.3 Å². The van der Waals surface area contributed by atoms with Crippen molar-refractivity contribution in [3.8, 4) is 34.3 Å². The van der Waals surface area contributed by atoms with Gasteiger partial charge in [-0.3, -0.25) is 0 Å². The van der Waals surface area contributed by atoms with Crippen LogP contribution in [-0.4, -0.2) is 42.3 Å². The van der Waals surface area contributed by atoms with Gasteiger partial charge in [0.2, 0.25) is 5.88 Å². The average molecular weight is 488 g/mol. The van der Waals surface area contributed by atoms with E-state index in [9.17, 15) is 18.3 Å². The molecule has 0 bridgehead atoms. The number of nitrogens with zero attached hydrogens (tertiary/aromatic N) is 2. The van der Waals surface area contributed by atoms with Gasteiger partial charge < -0.3 is 28.6 Å². The Labute approximate surface area is 199 Å². The molecule has 0 saturated heterocycles. The molecule has 0 amide bonds. The maximum atomic E-state index is 12.9. The van der Waals surface area contributed by atoms with Gasteiger partial charge >= 0.3 is 6.36 Å². The molecule has 2 heterocycles. The zero-order chi connectivity index (χ0) is 25.2. The van der Waals surface area contributed by atoms with Gasteiger partial charge in [0.05, 0.1) is 33.6 Å². The molecule has 0 aliphatic rings. The molecule has 1 N–H and O–H groups in total. The van der Waals surface area contributed by atoms with E-state index in [2.05, 4.69) is 9.72 Å². The zero-order valence-corrected chi connectivity index (χ0v) is 19.2. The van der Waals surface area contributed by atoms with Gasteiger partial charge in [-0.1, -0.05) is 0 Å². The van der Waals surface area contributed by atoms with E-state index in [1.54, 1.807) is 38.6 Å². The number of halogens is 3. The highest BCUT2D eigenvalue weighted by Gasteiger charge is 2.31. The van der Waals surface area contributed by atoms with Gasteiger partial charge in [-0.2, -0.15) is 0 Å². The van der Waals surface area contributed by atoms with E-state index in [1.165, 1.54) is 25.3 Å². The minimum Gasteiger partial charge on any atom is -0.497 e. The number of aliphatic hydroxyl groups is 1. The van der Waals surface area contributed by atoms with Gasteiger partial charge in [-0.25, -0.2) is 4.98 Å². The molecule has 0 unspecified atom stereocenters. The Balaban J connectivity index is 1.93. The van der Waals surface area contributed by atoms with Crippen molar-refractivity contribution in [2.45, 2.75) is 19.5 Å². The minimum atomic E-state index is -4.84. The summed E-state index contributed by atoms with van der Waals surface area (Å²) in [6, 6.07) is 12.8. The summed E-state index contributed by atoms with van der Waals surface area (Å²) in [5, 5.41) is 10.8.